The van der Waals surface area contributed by atoms with Gasteiger partial charge in [-0.15, -0.1) is 0 Å². The minimum absolute atomic E-state index is 0.661. The van der Waals surface area contributed by atoms with Gasteiger partial charge in [0.05, 0.1) is 5.69 Å². The number of pyridine rings is 1. The van der Waals surface area contributed by atoms with Crippen LogP contribution in [0.2, 0.25) is 0 Å². The van der Waals surface area contributed by atoms with Crippen molar-refractivity contribution < 1.29 is 4.52 Å². The zero-order chi connectivity index (χ0) is 16.4. The maximum Gasteiger partial charge on any atom is 0.141 e. The fraction of sp³-hybridized carbons (Fsp3) is 0.474. The van der Waals surface area contributed by atoms with E-state index in [4.69, 9.17) is 9.51 Å². The van der Waals surface area contributed by atoms with E-state index < -0.39 is 0 Å². The van der Waals surface area contributed by atoms with E-state index in [0.29, 0.717) is 6.04 Å². The number of hydrogen-bond donors (Lipinski definition) is 0. The Labute approximate surface area is 154 Å². The highest BCUT2D eigenvalue weighted by Crippen LogP contribution is 2.53. The second-order valence-electron chi connectivity index (χ2n) is 7.34. The van der Waals surface area contributed by atoms with E-state index in [9.17, 15) is 0 Å². The third-order valence-electron chi connectivity index (χ3n) is 5.47. The van der Waals surface area contributed by atoms with Crippen LogP contribution in [0.25, 0.3) is 22.2 Å². The molecule has 0 saturated heterocycles. The lowest BCUT2D eigenvalue weighted by Gasteiger charge is -2.18. The van der Waals surface area contributed by atoms with E-state index in [1.807, 2.05) is 20.0 Å². The Bertz CT molecular complexity index is 902. The van der Waals surface area contributed by atoms with E-state index in [-0.39, 0.29) is 0 Å². The van der Waals surface area contributed by atoms with Gasteiger partial charge in [-0.1, -0.05) is 5.16 Å². The summed E-state index contributed by atoms with van der Waals surface area (Å²) in [6.45, 7) is 3.95. The number of aryl methyl sites for hydroxylation is 2. The molecule has 124 valence electrons. The molecule has 2 aliphatic rings. The van der Waals surface area contributed by atoms with Crippen molar-refractivity contribution in [3.8, 4) is 11.1 Å². The molecule has 2 saturated carbocycles. The van der Waals surface area contributed by atoms with E-state index in [1.54, 1.807) is 0 Å². The summed E-state index contributed by atoms with van der Waals surface area (Å²) in [5.74, 6) is 2.60. The summed E-state index contributed by atoms with van der Waals surface area (Å²) in [4.78, 5) is 4.87. The molecule has 2 aliphatic carbocycles. The first-order valence-corrected chi connectivity index (χ1v) is 9.80. The first kappa shape index (κ1) is 14.9. The molecule has 5 heteroatoms. The molecule has 0 amide bonds. The average Bonchev–Trinajstić information content (AvgIpc) is 3.48. The van der Waals surface area contributed by atoms with Crippen LogP contribution in [0.5, 0.6) is 0 Å². The Morgan fingerprint density at radius 1 is 1.21 bits per heavy atom. The molecule has 0 radical (unpaired) electrons. The van der Waals surface area contributed by atoms with Crippen LogP contribution < -0.4 is 0 Å². The van der Waals surface area contributed by atoms with Crippen molar-refractivity contribution in [1.29, 1.82) is 0 Å². The van der Waals surface area contributed by atoms with Gasteiger partial charge in [-0.2, -0.15) is 0 Å². The smallest absolute Gasteiger partial charge is 0.141 e. The van der Waals surface area contributed by atoms with Crippen molar-refractivity contribution in [2.75, 3.05) is 0 Å². The van der Waals surface area contributed by atoms with Gasteiger partial charge in [-0.05, 0) is 80.0 Å². The van der Waals surface area contributed by atoms with Gasteiger partial charge >= 0.3 is 0 Å². The Morgan fingerprint density at radius 2 is 1.92 bits per heavy atom. The second-order valence-corrected chi connectivity index (χ2v) is 8.51. The molecule has 2 fully saturated rings. The predicted octanol–water partition coefficient (Wildman–Crippen LogP) is 5.27. The van der Waals surface area contributed by atoms with Gasteiger partial charge in [0.1, 0.15) is 11.4 Å². The van der Waals surface area contributed by atoms with Crippen LogP contribution in [-0.2, 0) is 0 Å². The summed E-state index contributed by atoms with van der Waals surface area (Å²) >= 11 is 2.45. The lowest BCUT2D eigenvalue weighted by atomic mass is 10.1. The van der Waals surface area contributed by atoms with Gasteiger partial charge in [-0.25, -0.2) is 4.98 Å². The molecule has 0 atom stereocenters. The molecule has 0 unspecified atom stereocenters. The minimum Gasteiger partial charge on any atom is -0.361 e. The summed E-state index contributed by atoms with van der Waals surface area (Å²) in [6.07, 6.45) is 9.83. The SMILES string of the molecule is Cc1noc(C)c1-c1cnc2c(c1)c(I)cn2C(C1CC1)C1CC1. The average molecular weight is 433 g/mol. The summed E-state index contributed by atoms with van der Waals surface area (Å²) in [7, 11) is 0. The van der Waals surface area contributed by atoms with Crippen molar-refractivity contribution in [2.24, 2.45) is 11.8 Å². The minimum atomic E-state index is 0.661. The normalized spacial score (nSPS) is 18.0. The van der Waals surface area contributed by atoms with Gasteiger partial charge in [0.2, 0.25) is 0 Å². The Hall–Kier alpha value is -1.37. The van der Waals surface area contributed by atoms with Crippen molar-refractivity contribution in [2.45, 2.75) is 45.6 Å². The fourth-order valence-electron chi connectivity index (χ4n) is 4.07. The molecule has 0 N–H and O–H groups in total. The van der Waals surface area contributed by atoms with Gasteiger partial charge < -0.3 is 9.09 Å². The Balaban J connectivity index is 1.65. The molecule has 24 heavy (non-hydrogen) atoms. The Morgan fingerprint density at radius 3 is 2.50 bits per heavy atom. The molecule has 3 aromatic rings. The molecule has 3 aromatic heterocycles. The van der Waals surface area contributed by atoms with Gasteiger partial charge in [-0.3, -0.25) is 0 Å². The van der Waals surface area contributed by atoms with E-state index in [2.05, 4.69) is 44.6 Å². The third-order valence-corrected chi connectivity index (χ3v) is 6.33. The van der Waals surface area contributed by atoms with E-state index >= 15 is 0 Å². The summed E-state index contributed by atoms with van der Waals surface area (Å²) < 4.78 is 9.09. The first-order chi connectivity index (χ1) is 11.6. The molecular weight excluding hydrogens is 413 g/mol. The van der Waals surface area contributed by atoms with Crippen LogP contribution in [0.1, 0.15) is 43.2 Å². The number of halogens is 1. The van der Waals surface area contributed by atoms with Crippen LogP contribution in [0.4, 0.5) is 0 Å². The maximum atomic E-state index is 5.33. The molecule has 3 heterocycles. The van der Waals surface area contributed by atoms with Gasteiger partial charge in [0, 0.05) is 38.5 Å². The molecule has 5 rings (SSSR count). The summed E-state index contributed by atoms with van der Waals surface area (Å²) in [6, 6.07) is 2.91. The number of aromatic nitrogens is 3. The largest absolute Gasteiger partial charge is 0.361 e. The zero-order valence-corrected chi connectivity index (χ0v) is 16.1. The predicted molar refractivity (Wildman–Crippen MR) is 102 cm³/mol. The lowest BCUT2D eigenvalue weighted by molar-refractivity contribution is 0.393. The van der Waals surface area contributed by atoms with Gasteiger partial charge in [0.25, 0.3) is 0 Å². The topological polar surface area (TPSA) is 43.9 Å². The number of nitrogens with zero attached hydrogens (tertiary/aromatic N) is 3. The summed E-state index contributed by atoms with van der Waals surface area (Å²) in [5, 5.41) is 5.33. The fourth-order valence-corrected chi connectivity index (χ4v) is 4.76. The number of fused-ring (bicyclic) bond motifs is 1. The first-order valence-electron chi connectivity index (χ1n) is 8.73. The standard InChI is InChI=1S/C19H20IN3O/c1-10-17(11(2)24-22-10)14-7-15-16(20)9-23(19(15)21-8-14)18(12-3-4-12)13-5-6-13/h7-9,12-13,18H,3-6H2,1-2H3. The molecule has 4 nitrogen and oxygen atoms in total. The maximum absolute atomic E-state index is 5.33. The quantitative estimate of drug-likeness (QED) is 0.527. The summed E-state index contributed by atoms with van der Waals surface area (Å²) in [5.41, 5.74) is 4.24. The molecule has 0 bridgehead atoms. The van der Waals surface area contributed by atoms with Crippen molar-refractivity contribution in [3.05, 3.63) is 33.5 Å². The zero-order valence-electron chi connectivity index (χ0n) is 13.9. The number of hydrogen-bond acceptors (Lipinski definition) is 3. The number of rotatable bonds is 4. The lowest BCUT2D eigenvalue weighted by Crippen LogP contribution is -2.12. The van der Waals surface area contributed by atoms with Crippen LogP contribution >= 0.6 is 22.6 Å². The Kier molecular flexibility index (Phi) is 3.30. The van der Waals surface area contributed by atoms with Crippen molar-refractivity contribution >= 4 is 33.6 Å². The van der Waals surface area contributed by atoms with Gasteiger partial charge in [0.15, 0.2) is 0 Å². The molecule has 0 spiro atoms. The second kappa shape index (κ2) is 5.31. The van der Waals surface area contributed by atoms with E-state index in [1.165, 1.54) is 34.6 Å². The highest BCUT2D eigenvalue weighted by atomic mass is 127. The molecule has 0 aromatic carbocycles. The van der Waals surface area contributed by atoms with Crippen LogP contribution in [0.3, 0.4) is 0 Å². The third kappa shape index (κ3) is 2.31. The van der Waals surface area contributed by atoms with Crippen LogP contribution in [0.15, 0.2) is 23.0 Å². The van der Waals surface area contributed by atoms with Crippen LogP contribution in [0, 0.1) is 29.3 Å². The van der Waals surface area contributed by atoms with E-state index in [0.717, 1.165) is 40.1 Å². The highest BCUT2D eigenvalue weighted by molar-refractivity contribution is 14.1. The van der Waals surface area contributed by atoms with Crippen molar-refractivity contribution in [3.63, 3.8) is 0 Å². The molecular formula is C19H20IN3O. The van der Waals surface area contributed by atoms with Crippen molar-refractivity contribution in [1.82, 2.24) is 14.7 Å². The monoisotopic (exact) mass is 433 g/mol. The highest BCUT2D eigenvalue weighted by Gasteiger charge is 2.43. The molecule has 0 aliphatic heterocycles. The van der Waals surface area contributed by atoms with Crippen LogP contribution in [-0.4, -0.2) is 14.7 Å².